The number of hydrogen-bond acceptors (Lipinski definition) is 3. The van der Waals surface area contributed by atoms with Gasteiger partial charge in [-0.1, -0.05) is 27.2 Å². The van der Waals surface area contributed by atoms with E-state index in [0.29, 0.717) is 12.0 Å². The van der Waals surface area contributed by atoms with Crippen molar-refractivity contribution in [1.29, 1.82) is 0 Å². The number of anilines is 1. The number of hydrogen-bond donors (Lipinski definition) is 1. The van der Waals surface area contributed by atoms with E-state index in [-0.39, 0.29) is 0 Å². The number of oxazole rings is 1. The number of rotatable bonds is 3. The van der Waals surface area contributed by atoms with E-state index >= 15 is 0 Å². The summed E-state index contributed by atoms with van der Waals surface area (Å²) in [6, 6.07) is 6.84. The molecule has 1 aromatic heterocycles. The minimum Gasteiger partial charge on any atom is -0.440 e. The van der Waals surface area contributed by atoms with Crippen LogP contribution in [-0.2, 0) is 0 Å². The van der Waals surface area contributed by atoms with Gasteiger partial charge in [-0.25, -0.2) is 4.98 Å². The van der Waals surface area contributed by atoms with E-state index < -0.39 is 0 Å². The molecule has 19 heavy (non-hydrogen) atoms. The lowest BCUT2D eigenvalue weighted by Gasteiger charge is -2.18. The molecule has 1 fully saturated rings. The van der Waals surface area contributed by atoms with Crippen LogP contribution >= 0.6 is 0 Å². The zero-order valence-corrected chi connectivity index (χ0v) is 11.9. The summed E-state index contributed by atoms with van der Waals surface area (Å²) in [6.07, 6.45) is 3.94. The fourth-order valence-corrected chi connectivity index (χ4v) is 2.86. The number of nitrogens with zero attached hydrogens (tertiary/aromatic N) is 1. The molecular weight excluding hydrogens is 236 g/mol. The normalized spacial score (nSPS) is 23.4. The third-order valence-electron chi connectivity index (χ3n) is 4.11. The molecule has 0 amide bonds. The maximum Gasteiger partial charge on any atom is 0.198 e. The Kier molecular flexibility index (Phi) is 3.21. The SMILES string of the molecule is CC(C)c1nc2cc(NC3CCCC3C)ccc2o1. The second kappa shape index (κ2) is 4.87. The van der Waals surface area contributed by atoms with Crippen molar-refractivity contribution in [2.75, 3.05) is 5.32 Å². The maximum atomic E-state index is 5.74. The molecule has 0 spiro atoms. The molecule has 1 N–H and O–H groups in total. The summed E-state index contributed by atoms with van der Waals surface area (Å²) >= 11 is 0. The molecular formula is C16H22N2O. The van der Waals surface area contributed by atoms with Crippen LogP contribution in [0.25, 0.3) is 11.1 Å². The molecule has 2 unspecified atom stereocenters. The Morgan fingerprint density at radius 1 is 1.32 bits per heavy atom. The molecule has 3 heteroatoms. The number of benzene rings is 1. The van der Waals surface area contributed by atoms with Gasteiger partial charge >= 0.3 is 0 Å². The van der Waals surface area contributed by atoms with Gasteiger partial charge in [0.25, 0.3) is 0 Å². The molecule has 0 saturated heterocycles. The van der Waals surface area contributed by atoms with Crippen molar-refractivity contribution in [3.05, 3.63) is 24.1 Å². The van der Waals surface area contributed by atoms with Crippen LogP contribution < -0.4 is 5.32 Å². The highest BCUT2D eigenvalue weighted by atomic mass is 16.3. The van der Waals surface area contributed by atoms with E-state index in [0.717, 1.165) is 28.6 Å². The van der Waals surface area contributed by atoms with Gasteiger partial charge in [-0.05, 0) is 37.0 Å². The van der Waals surface area contributed by atoms with Gasteiger partial charge in [0.1, 0.15) is 5.52 Å². The van der Waals surface area contributed by atoms with Crippen LogP contribution in [0.5, 0.6) is 0 Å². The zero-order chi connectivity index (χ0) is 13.4. The molecule has 3 nitrogen and oxygen atoms in total. The lowest BCUT2D eigenvalue weighted by molar-refractivity contribution is 0.501. The number of aromatic nitrogens is 1. The average molecular weight is 258 g/mol. The largest absolute Gasteiger partial charge is 0.440 e. The Hall–Kier alpha value is -1.51. The van der Waals surface area contributed by atoms with Crippen molar-refractivity contribution < 1.29 is 4.42 Å². The molecule has 1 aliphatic carbocycles. The van der Waals surface area contributed by atoms with Crippen LogP contribution in [0.3, 0.4) is 0 Å². The van der Waals surface area contributed by atoms with Crippen LogP contribution in [0.4, 0.5) is 5.69 Å². The highest BCUT2D eigenvalue weighted by Gasteiger charge is 2.23. The van der Waals surface area contributed by atoms with Gasteiger partial charge in [0.2, 0.25) is 0 Å². The van der Waals surface area contributed by atoms with Gasteiger partial charge in [0, 0.05) is 17.6 Å². The molecule has 102 valence electrons. The van der Waals surface area contributed by atoms with Gasteiger partial charge in [0.15, 0.2) is 11.5 Å². The standard InChI is InChI=1S/C16H22N2O/c1-10(2)16-18-14-9-12(7-8-15(14)19-16)17-13-6-4-5-11(13)3/h7-11,13,17H,4-6H2,1-3H3. The fraction of sp³-hybridized carbons (Fsp3) is 0.562. The van der Waals surface area contributed by atoms with E-state index in [4.69, 9.17) is 4.42 Å². The Balaban J connectivity index is 1.84. The Labute approximate surface area is 114 Å². The van der Waals surface area contributed by atoms with E-state index in [1.165, 1.54) is 19.3 Å². The molecule has 1 heterocycles. The van der Waals surface area contributed by atoms with E-state index in [9.17, 15) is 0 Å². The summed E-state index contributed by atoms with van der Waals surface area (Å²) in [5, 5.41) is 3.64. The van der Waals surface area contributed by atoms with E-state index in [1.54, 1.807) is 0 Å². The Morgan fingerprint density at radius 3 is 2.84 bits per heavy atom. The molecule has 1 aliphatic rings. The zero-order valence-electron chi connectivity index (χ0n) is 11.9. The lowest BCUT2D eigenvalue weighted by atomic mass is 10.1. The Bertz CT molecular complexity index is 573. The highest BCUT2D eigenvalue weighted by molar-refractivity contribution is 5.77. The summed E-state index contributed by atoms with van der Waals surface area (Å²) in [6.45, 7) is 6.53. The minimum atomic E-state index is 0.332. The van der Waals surface area contributed by atoms with Crippen LogP contribution in [0.2, 0.25) is 0 Å². The molecule has 0 bridgehead atoms. The first-order valence-electron chi connectivity index (χ1n) is 7.30. The van der Waals surface area contributed by atoms with Gasteiger partial charge in [-0.15, -0.1) is 0 Å². The summed E-state index contributed by atoms with van der Waals surface area (Å²) in [5.74, 6) is 1.92. The van der Waals surface area contributed by atoms with Crippen LogP contribution in [0.1, 0.15) is 51.8 Å². The van der Waals surface area contributed by atoms with Gasteiger partial charge < -0.3 is 9.73 Å². The number of fused-ring (bicyclic) bond motifs is 1. The Morgan fingerprint density at radius 2 is 2.16 bits per heavy atom. The second-order valence-electron chi connectivity index (χ2n) is 6.05. The fourth-order valence-electron chi connectivity index (χ4n) is 2.86. The van der Waals surface area contributed by atoms with Crippen LogP contribution in [-0.4, -0.2) is 11.0 Å². The molecule has 1 aromatic carbocycles. The molecule has 0 aliphatic heterocycles. The minimum absolute atomic E-state index is 0.332. The first kappa shape index (κ1) is 12.5. The predicted octanol–water partition coefficient (Wildman–Crippen LogP) is 4.55. The summed E-state index contributed by atoms with van der Waals surface area (Å²) < 4.78 is 5.74. The molecule has 0 radical (unpaired) electrons. The predicted molar refractivity (Wildman–Crippen MR) is 78.5 cm³/mol. The van der Waals surface area contributed by atoms with E-state index in [2.05, 4.69) is 43.2 Å². The maximum absolute atomic E-state index is 5.74. The second-order valence-corrected chi connectivity index (χ2v) is 6.05. The first-order valence-corrected chi connectivity index (χ1v) is 7.30. The van der Waals surface area contributed by atoms with Crippen LogP contribution in [0, 0.1) is 5.92 Å². The average Bonchev–Trinajstić information content (AvgIpc) is 2.96. The van der Waals surface area contributed by atoms with Crippen LogP contribution in [0.15, 0.2) is 22.6 Å². The smallest absolute Gasteiger partial charge is 0.198 e. The topological polar surface area (TPSA) is 38.1 Å². The monoisotopic (exact) mass is 258 g/mol. The third kappa shape index (κ3) is 2.46. The molecule has 1 saturated carbocycles. The quantitative estimate of drug-likeness (QED) is 0.877. The van der Waals surface area contributed by atoms with Crippen molar-refractivity contribution in [3.63, 3.8) is 0 Å². The lowest BCUT2D eigenvalue weighted by Crippen LogP contribution is -2.21. The molecule has 3 rings (SSSR count). The molecule has 2 aromatic rings. The van der Waals surface area contributed by atoms with Crippen molar-refractivity contribution in [2.24, 2.45) is 5.92 Å². The summed E-state index contributed by atoms with van der Waals surface area (Å²) in [4.78, 5) is 4.56. The van der Waals surface area contributed by atoms with E-state index in [1.807, 2.05) is 6.07 Å². The summed E-state index contributed by atoms with van der Waals surface area (Å²) in [5.41, 5.74) is 3.00. The van der Waals surface area contributed by atoms with Crippen molar-refractivity contribution in [2.45, 2.75) is 52.0 Å². The highest BCUT2D eigenvalue weighted by Crippen LogP contribution is 2.29. The van der Waals surface area contributed by atoms with Crippen molar-refractivity contribution >= 4 is 16.8 Å². The first-order chi connectivity index (χ1) is 9.13. The van der Waals surface area contributed by atoms with Gasteiger partial charge in [-0.2, -0.15) is 0 Å². The van der Waals surface area contributed by atoms with Gasteiger partial charge in [0.05, 0.1) is 0 Å². The third-order valence-corrected chi connectivity index (χ3v) is 4.11. The number of nitrogens with one attached hydrogen (secondary N) is 1. The summed E-state index contributed by atoms with van der Waals surface area (Å²) in [7, 11) is 0. The van der Waals surface area contributed by atoms with Crippen molar-refractivity contribution in [3.8, 4) is 0 Å². The van der Waals surface area contributed by atoms with Crippen molar-refractivity contribution in [1.82, 2.24) is 4.98 Å². The van der Waals surface area contributed by atoms with Gasteiger partial charge in [-0.3, -0.25) is 0 Å². The molecule has 2 atom stereocenters.